The summed E-state index contributed by atoms with van der Waals surface area (Å²) >= 11 is 11.7. The fourth-order valence-electron chi connectivity index (χ4n) is 3.46. The molecule has 1 saturated carbocycles. The monoisotopic (exact) mass is 415 g/mol. The molecule has 2 aromatic carbocycles. The number of aromatic nitrogens is 3. The molecule has 28 heavy (non-hydrogen) atoms. The van der Waals surface area contributed by atoms with Crippen molar-refractivity contribution in [1.82, 2.24) is 14.3 Å². The zero-order valence-electron chi connectivity index (χ0n) is 16.1. The molecule has 1 heterocycles. The van der Waals surface area contributed by atoms with E-state index in [9.17, 15) is 0 Å². The molecule has 1 atom stereocenters. The summed E-state index contributed by atoms with van der Waals surface area (Å²) in [4.78, 5) is 1.49. The van der Waals surface area contributed by atoms with Crippen molar-refractivity contribution in [2.45, 2.75) is 32.1 Å². The van der Waals surface area contributed by atoms with Crippen molar-refractivity contribution < 1.29 is 9.64 Å². The van der Waals surface area contributed by atoms with Gasteiger partial charge in [-0.2, -0.15) is 4.68 Å². The molecular formula is C21H24ClN4OS+. The van der Waals surface area contributed by atoms with Crippen LogP contribution < -0.4 is 9.64 Å². The SMILES string of the molecule is COc1ccc(C[NH+](Cn2nc(-c3ccc(Cl)cc3)n(C)c2=S)C2CC2)cc1. The van der Waals surface area contributed by atoms with Crippen molar-refractivity contribution in [2.75, 3.05) is 7.11 Å². The smallest absolute Gasteiger partial charge is 0.202 e. The fourth-order valence-corrected chi connectivity index (χ4v) is 3.78. The van der Waals surface area contributed by atoms with E-state index < -0.39 is 0 Å². The highest BCUT2D eigenvalue weighted by Crippen LogP contribution is 2.20. The van der Waals surface area contributed by atoms with Gasteiger partial charge >= 0.3 is 0 Å². The molecule has 0 saturated heterocycles. The predicted octanol–water partition coefficient (Wildman–Crippen LogP) is 3.49. The quantitative estimate of drug-likeness (QED) is 0.600. The third kappa shape index (κ3) is 4.14. The van der Waals surface area contributed by atoms with Crippen LogP contribution in [0.1, 0.15) is 18.4 Å². The maximum absolute atomic E-state index is 6.02. The van der Waals surface area contributed by atoms with Crippen LogP contribution in [0.15, 0.2) is 48.5 Å². The van der Waals surface area contributed by atoms with Gasteiger partial charge in [-0.25, -0.2) is 0 Å². The van der Waals surface area contributed by atoms with Crippen LogP contribution in [0.25, 0.3) is 11.4 Å². The lowest BCUT2D eigenvalue weighted by Gasteiger charge is -2.19. The lowest BCUT2D eigenvalue weighted by molar-refractivity contribution is -0.947. The minimum absolute atomic E-state index is 0.671. The molecule has 0 radical (unpaired) electrons. The first-order valence-electron chi connectivity index (χ1n) is 9.42. The summed E-state index contributed by atoms with van der Waals surface area (Å²) in [5, 5.41) is 5.54. The average Bonchev–Trinajstić information content (AvgIpc) is 3.52. The lowest BCUT2D eigenvalue weighted by Crippen LogP contribution is -3.11. The van der Waals surface area contributed by atoms with Crippen molar-refractivity contribution in [3.63, 3.8) is 0 Å². The normalized spacial score (nSPS) is 14.8. The van der Waals surface area contributed by atoms with E-state index in [0.29, 0.717) is 11.1 Å². The third-order valence-electron chi connectivity index (χ3n) is 5.24. The molecule has 3 aromatic rings. The van der Waals surface area contributed by atoms with Crippen LogP contribution in [0.5, 0.6) is 5.75 Å². The number of rotatable bonds is 7. The second-order valence-electron chi connectivity index (χ2n) is 7.29. The highest BCUT2D eigenvalue weighted by atomic mass is 35.5. The molecule has 1 aliphatic rings. The first-order valence-corrected chi connectivity index (χ1v) is 10.2. The van der Waals surface area contributed by atoms with Gasteiger partial charge in [0.05, 0.1) is 13.2 Å². The van der Waals surface area contributed by atoms with Gasteiger partial charge in [-0.3, -0.25) is 0 Å². The summed E-state index contributed by atoms with van der Waals surface area (Å²) < 4.78 is 9.92. The molecule has 1 aliphatic carbocycles. The molecule has 1 unspecified atom stereocenters. The second-order valence-corrected chi connectivity index (χ2v) is 8.09. The van der Waals surface area contributed by atoms with Crippen LogP contribution in [-0.4, -0.2) is 27.5 Å². The van der Waals surface area contributed by atoms with Gasteiger partial charge in [0.25, 0.3) is 0 Å². The summed E-state index contributed by atoms with van der Waals surface area (Å²) in [6, 6.07) is 16.7. The van der Waals surface area contributed by atoms with Gasteiger partial charge in [0.2, 0.25) is 4.77 Å². The molecule has 146 valence electrons. The van der Waals surface area contributed by atoms with Gasteiger partial charge in [-0.05, 0) is 60.7 Å². The molecule has 1 N–H and O–H groups in total. The first-order chi connectivity index (χ1) is 13.5. The van der Waals surface area contributed by atoms with Crippen molar-refractivity contribution in [3.8, 4) is 17.1 Å². The van der Waals surface area contributed by atoms with Gasteiger partial charge in [0, 0.05) is 36.0 Å². The van der Waals surface area contributed by atoms with Gasteiger partial charge in [0.15, 0.2) is 12.5 Å². The van der Waals surface area contributed by atoms with Crippen molar-refractivity contribution in [2.24, 2.45) is 7.05 Å². The number of hydrogen-bond donors (Lipinski definition) is 1. The molecule has 0 spiro atoms. The number of benzene rings is 2. The Morgan fingerprint density at radius 3 is 2.43 bits per heavy atom. The maximum Gasteiger partial charge on any atom is 0.202 e. The second kappa shape index (κ2) is 8.07. The fraction of sp³-hybridized carbons (Fsp3) is 0.333. The summed E-state index contributed by atoms with van der Waals surface area (Å²) in [6.07, 6.45) is 2.52. The molecule has 1 fully saturated rings. The number of nitrogens with one attached hydrogen (secondary N) is 1. The van der Waals surface area contributed by atoms with Crippen LogP contribution in [0.2, 0.25) is 5.02 Å². The Labute approximate surface area is 175 Å². The van der Waals surface area contributed by atoms with Crippen LogP contribution in [0, 0.1) is 4.77 Å². The summed E-state index contributed by atoms with van der Waals surface area (Å²) in [7, 11) is 3.66. The molecule has 4 rings (SSSR count). The van der Waals surface area contributed by atoms with E-state index >= 15 is 0 Å². The highest BCUT2D eigenvalue weighted by molar-refractivity contribution is 7.71. The Morgan fingerprint density at radius 2 is 1.82 bits per heavy atom. The Hall–Kier alpha value is -2.15. The van der Waals surface area contributed by atoms with E-state index in [0.717, 1.165) is 35.1 Å². The van der Waals surface area contributed by atoms with Crippen molar-refractivity contribution >= 4 is 23.8 Å². The van der Waals surface area contributed by atoms with Gasteiger partial charge in [-0.15, -0.1) is 5.10 Å². The van der Waals surface area contributed by atoms with Gasteiger partial charge in [0.1, 0.15) is 12.3 Å². The van der Waals surface area contributed by atoms with Crippen LogP contribution in [0.4, 0.5) is 0 Å². The van der Waals surface area contributed by atoms with E-state index in [1.807, 2.05) is 52.7 Å². The van der Waals surface area contributed by atoms with E-state index in [2.05, 4.69) is 12.1 Å². The Morgan fingerprint density at radius 1 is 1.14 bits per heavy atom. The largest absolute Gasteiger partial charge is 0.497 e. The van der Waals surface area contributed by atoms with Crippen molar-refractivity contribution in [3.05, 3.63) is 63.9 Å². The van der Waals surface area contributed by atoms with Crippen LogP contribution in [-0.2, 0) is 20.3 Å². The van der Waals surface area contributed by atoms with Gasteiger partial charge in [-0.1, -0.05) is 11.6 Å². The molecule has 0 amide bonds. The molecule has 5 nitrogen and oxygen atoms in total. The summed E-state index contributed by atoms with van der Waals surface area (Å²) in [5.74, 6) is 1.75. The zero-order valence-corrected chi connectivity index (χ0v) is 17.6. The van der Waals surface area contributed by atoms with E-state index in [-0.39, 0.29) is 0 Å². The number of hydrogen-bond acceptors (Lipinski definition) is 3. The number of ether oxygens (including phenoxy) is 1. The van der Waals surface area contributed by atoms with Crippen LogP contribution >= 0.6 is 23.8 Å². The Bertz CT molecular complexity index is 1010. The van der Waals surface area contributed by atoms with E-state index in [1.165, 1.54) is 23.3 Å². The topological polar surface area (TPSA) is 36.4 Å². The summed E-state index contributed by atoms with van der Waals surface area (Å²) in [6.45, 7) is 1.71. The minimum atomic E-state index is 0.671. The van der Waals surface area contributed by atoms with Crippen LogP contribution in [0.3, 0.4) is 0 Å². The predicted molar refractivity (Wildman–Crippen MR) is 113 cm³/mol. The molecule has 0 bridgehead atoms. The average molecular weight is 416 g/mol. The first kappa shape index (κ1) is 19.2. The van der Waals surface area contributed by atoms with E-state index in [4.69, 9.17) is 33.7 Å². The standard InChI is InChI=1S/C21H23ClN4OS/c1-24-20(16-5-7-17(22)8-6-16)23-26(21(24)28)14-25(18-9-10-18)13-15-3-11-19(27-2)12-4-15/h3-8,11-12,18H,9-10,13-14H2,1-2H3/p+1. The number of nitrogens with zero attached hydrogens (tertiary/aromatic N) is 3. The van der Waals surface area contributed by atoms with Gasteiger partial charge < -0.3 is 14.2 Å². The molecular weight excluding hydrogens is 392 g/mol. The highest BCUT2D eigenvalue weighted by Gasteiger charge is 2.34. The summed E-state index contributed by atoms with van der Waals surface area (Å²) in [5.41, 5.74) is 2.31. The van der Waals surface area contributed by atoms with E-state index in [1.54, 1.807) is 7.11 Å². The third-order valence-corrected chi connectivity index (χ3v) is 5.98. The van der Waals surface area contributed by atoms with Crippen molar-refractivity contribution in [1.29, 1.82) is 0 Å². The zero-order chi connectivity index (χ0) is 19.7. The molecule has 7 heteroatoms. The number of quaternary nitrogens is 1. The Kier molecular flexibility index (Phi) is 5.53. The lowest BCUT2D eigenvalue weighted by atomic mass is 10.2. The maximum atomic E-state index is 6.02. The Balaban J connectivity index is 1.56. The minimum Gasteiger partial charge on any atom is -0.497 e. The number of methoxy groups -OCH3 is 1. The molecule has 1 aromatic heterocycles. The number of halogens is 1. The molecule has 0 aliphatic heterocycles.